The first-order valence-electron chi connectivity index (χ1n) is 9.61. The summed E-state index contributed by atoms with van der Waals surface area (Å²) in [6, 6.07) is 6.89. The van der Waals surface area contributed by atoms with Crippen molar-refractivity contribution >= 4 is 12.3 Å². The molecule has 0 unspecified atom stereocenters. The van der Waals surface area contributed by atoms with E-state index >= 15 is 0 Å². The van der Waals surface area contributed by atoms with Gasteiger partial charge in [-0.05, 0) is 45.0 Å². The molecular formula is C21H32O8. The van der Waals surface area contributed by atoms with Gasteiger partial charge in [-0.3, -0.25) is 4.79 Å². The van der Waals surface area contributed by atoms with Gasteiger partial charge in [-0.1, -0.05) is 0 Å². The molecule has 8 nitrogen and oxygen atoms in total. The standard InChI is InChI=1S/C21H32O8/c1-21(2,3)29-20(23)17-27-13-12-25-9-8-24-10-11-26-14-15-28-19-6-4-18(16-22)5-7-19/h4-7,16H,8-15,17H2,1-3H3. The molecule has 0 radical (unpaired) electrons. The van der Waals surface area contributed by atoms with Crippen LogP contribution in [0.15, 0.2) is 24.3 Å². The maximum atomic E-state index is 11.4. The normalized spacial score (nSPS) is 11.3. The molecule has 0 N–H and O–H groups in total. The molecule has 0 aromatic heterocycles. The Kier molecular flexibility index (Phi) is 12.9. The number of rotatable bonds is 16. The number of carbonyl (C=O) groups excluding carboxylic acids is 2. The van der Waals surface area contributed by atoms with Crippen molar-refractivity contribution in [3.63, 3.8) is 0 Å². The highest BCUT2D eigenvalue weighted by Crippen LogP contribution is 2.10. The zero-order valence-electron chi connectivity index (χ0n) is 17.5. The lowest BCUT2D eigenvalue weighted by Gasteiger charge is -2.19. The second kappa shape index (κ2) is 14.9. The molecule has 0 aliphatic rings. The van der Waals surface area contributed by atoms with Gasteiger partial charge in [0.25, 0.3) is 0 Å². The third-order valence-electron chi connectivity index (χ3n) is 3.27. The Morgan fingerprint density at radius 3 is 1.76 bits per heavy atom. The molecule has 1 aromatic rings. The highest BCUT2D eigenvalue weighted by molar-refractivity contribution is 5.74. The van der Waals surface area contributed by atoms with Crippen LogP contribution >= 0.6 is 0 Å². The zero-order chi connectivity index (χ0) is 21.4. The van der Waals surface area contributed by atoms with E-state index in [1.165, 1.54) is 0 Å². The molecule has 0 saturated heterocycles. The Balaban J connectivity index is 1.82. The lowest BCUT2D eigenvalue weighted by Crippen LogP contribution is -2.27. The van der Waals surface area contributed by atoms with E-state index in [1.807, 2.05) is 20.8 Å². The van der Waals surface area contributed by atoms with Crippen LogP contribution in [0.2, 0.25) is 0 Å². The highest BCUT2D eigenvalue weighted by atomic mass is 16.6. The van der Waals surface area contributed by atoms with E-state index in [2.05, 4.69) is 0 Å². The fourth-order valence-electron chi connectivity index (χ4n) is 2.05. The average molecular weight is 412 g/mol. The van der Waals surface area contributed by atoms with Crippen molar-refractivity contribution in [1.82, 2.24) is 0 Å². The third kappa shape index (κ3) is 14.6. The van der Waals surface area contributed by atoms with Gasteiger partial charge in [0.05, 0.1) is 46.2 Å². The Morgan fingerprint density at radius 1 is 0.793 bits per heavy atom. The van der Waals surface area contributed by atoms with Crippen molar-refractivity contribution in [2.45, 2.75) is 26.4 Å². The minimum Gasteiger partial charge on any atom is -0.491 e. The molecule has 29 heavy (non-hydrogen) atoms. The van der Waals surface area contributed by atoms with E-state index in [9.17, 15) is 9.59 Å². The molecule has 0 fully saturated rings. The first-order valence-corrected chi connectivity index (χ1v) is 9.61. The molecule has 0 heterocycles. The zero-order valence-corrected chi connectivity index (χ0v) is 17.5. The van der Waals surface area contributed by atoms with Crippen molar-refractivity contribution in [3.05, 3.63) is 29.8 Å². The molecule has 0 aliphatic heterocycles. The summed E-state index contributed by atoms with van der Waals surface area (Å²) >= 11 is 0. The van der Waals surface area contributed by atoms with E-state index in [0.717, 1.165) is 6.29 Å². The van der Waals surface area contributed by atoms with Crippen LogP contribution in [0.4, 0.5) is 0 Å². The highest BCUT2D eigenvalue weighted by Gasteiger charge is 2.15. The summed E-state index contributed by atoms with van der Waals surface area (Å²) in [5, 5.41) is 0. The van der Waals surface area contributed by atoms with Crippen LogP contribution in [0.1, 0.15) is 31.1 Å². The minimum atomic E-state index is -0.505. The van der Waals surface area contributed by atoms with Crippen molar-refractivity contribution in [3.8, 4) is 5.75 Å². The fourth-order valence-corrected chi connectivity index (χ4v) is 2.05. The molecule has 1 aromatic carbocycles. The van der Waals surface area contributed by atoms with E-state index in [0.29, 0.717) is 64.2 Å². The first-order chi connectivity index (χ1) is 13.9. The Morgan fingerprint density at radius 2 is 1.28 bits per heavy atom. The molecule has 0 aliphatic carbocycles. The van der Waals surface area contributed by atoms with Gasteiger partial charge in [-0.2, -0.15) is 0 Å². The van der Waals surface area contributed by atoms with Gasteiger partial charge in [0.1, 0.15) is 30.9 Å². The third-order valence-corrected chi connectivity index (χ3v) is 3.27. The minimum absolute atomic E-state index is 0.0811. The quantitative estimate of drug-likeness (QED) is 0.232. The molecule has 0 bridgehead atoms. The van der Waals surface area contributed by atoms with Crippen LogP contribution in [0, 0.1) is 0 Å². The molecule has 8 heteroatoms. The van der Waals surface area contributed by atoms with Crippen molar-refractivity contribution < 1.29 is 38.0 Å². The maximum Gasteiger partial charge on any atom is 0.332 e. The monoisotopic (exact) mass is 412 g/mol. The summed E-state index contributed by atoms with van der Waals surface area (Å²) in [6.45, 7) is 8.74. The van der Waals surface area contributed by atoms with Crippen LogP contribution < -0.4 is 4.74 Å². The van der Waals surface area contributed by atoms with Gasteiger partial charge in [-0.15, -0.1) is 0 Å². The number of hydrogen-bond acceptors (Lipinski definition) is 8. The number of esters is 1. The predicted molar refractivity (Wildman–Crippen MR) is 106 cm³/mol. The van der Waals surface area contributed by atoms with Crippen LogP contribution in [0.3, 0.4) is 0 Å². The summed E-state index contributed by atoms with van der Waals surface area (Å²) in [5.74, 6) is 0.310. The molecular weight excluding hydrogens is 380 g/mol. The van der Waals surface area contributed by atoms with Crippen molar-refractivity contribution in [1.29, 1.82) is 0 Å². The molecule has 0 spiro atoms. The van der Waals surface area contributed by atoms with Gasteiger partial charge in [0.15, 0.2) is 0 Å². The first kappa shape index (κ1) is 25.0. The molecule has 164 valence electrons. The summed E-state index contributed by atoms with van der Waals surface area (Å²) in [5.41, 5.74) is 0.109. The Labute approximate surface area is 172 Å². The van der Waals surface area contributed by atoms with E-state index in [-0.39, 0.29) is 12.6 Å². The molecule has 1 rings (SSSR count). The van der Waals surface area contributed by atoms with Crippen LogP contribution in [-0.4, -0.2) is 77.3 Å². The summed E-state index contributed by atoms with van der Waals surface area (Å²) in [7, 11) is 0. The second-order valence-corrected chi connectivity index (χ2v) is 7.01. The number of aldehydes is 1. The van der Waals surface area contributed by atoms with Gasteiger partial charge >= 0.3 is 5.97 Å². The smallest absolute Gasteiger partial charge is 0.332 e. The lowest BCUT2D eigenvalue weighted by molar-refractivity contribution is -0.160. The van der Waals surface area contributed by atoms with Gasteiger partial charge < -0.3 is 28.4 Å². The molecule has 0 saturated carbocycles. The van der Waals surface area contributed by atoms with Gasteiger partial charge in [0.2, 0.25) is 0 Å². The van der Waals surface area contributed by atoms with Crippen molar-refractivity contribution in [2.75, 3.05) is 59.5 Å². The molecule has 0 amide bonds. The lowest BCUT2D eigenvalue weighted by atomic mass is 10.2. The summed E-state index contributed by atoms with van der Waals surface area (Å²) in [4.78, 5) is 22.0. The Bertz CT molecular complexity index is 565. The van der Waals surface area contributed by atoms with Crippen molar-refractivity contribution in [2.24, 2.45) is 0 Å². The van der Waals surface area contributed by atoms with E-state index < -0.39 is 5.60 Å². The predicted octanol–water partition coefficient (Wildman–Crippen LogP) is 2.29. The van der Waals surface area contributed by atoms with Crippen LogP contribution in [0.5, 0.6) is 5.75 Å². The van der Waals surface area contributed by atoms with Gasteiger partial charge in [0, 0.05) is 5.56 Å². The average Bonchev–Trinajstić information content (AvgIpc) is 2.67. The Hall–Kier alpha value is -2.00. The summed E-state index contributed by atoms with van der Waals surface area (Å²) in [6.07, 6.45) is 0.790. The number of ether oxygens (including phenoxy) is 6. The number of carbonyl (C=O) groups is 2. The molecule has 0 atom stereocenters. The topological polar surface area (TPSA) is 89.5 Å². The largest absolute Gasteiger partial charge is 0.491 e. The van der Waals surface area contributed by atoms with Crippen LogP contribution in [0.25, 0.3) is 0 Å². The van der Waals surface area contributed by atoms with E-state index in [1.54, 1.807) is 24.3 Å². The number of hydrogen-bond donors (Lipinski definition) is 0. The second-order valence-electron chi connectivity index (χ2n) is 7.01. The van der Waals surface area contributed by atoms with Crippen LogP contribution in [-0.2, 0) is 28.5 Å². The van der Waals surface area contributed by atoms with Gasteiger partial charge in [-0.25, -0.2) is 4.79 Å². The van der Waals surface area contributed by atoms with E-state index in [4.69, 9.17) is 28.4 Å². The SMILES string of the molecule is CC(C)(C)OC(=O)COCCOCCOCCOCCOc1ccc(C=O)cc1. The summed E-state index contributed by atoms with van der Waals surface area (Å²) < 4.78 is 31.9. The fraction of sp³-hybridized carbons (Fsp3) is 0.619. The number of benzene rings is 1. The maximum absolute atomic E-state index is 11.4.